The molecule has 0 saturated heterocycles. The lowest BCUT2D eigenvalue weighted by Gasteiger charge is -1.96. The van der Waals surface area contributed by atoms with Gasteiger partial charge in [0, 0.05) is 0 Å². The first-order valence-electron chi connectivity index (χ1n) is 4.84. The molecule has 0 N–H and O–H groups in total. The van der Waals surface area contributed by atoms with Crippen LogP contribution in [0.3, 0.4) is 0 Å². The van der Waals surface area contributed by atoms with Crippen molar-refractivity contribution in [1.29, 1.82) is 5.26 Å². The van der Waals surface area contributed by atoms with Gasteiger partial charge in [-0.1, -0.05) is 26.2 Å². The monoisotopic (exact) mass is 193 g/mol. The Morgan fingerprint density at radius 3 is 2.85 bits per heavy atom. The molecule has 1 heterocycles. The molecule has 0 fully saturated rings. The fourth-order valence-electron chi connectivity index (χ4n) is 1.32. The Morgan fingerprint density at radius 1 is 1.38 bits per heavy atom. The number of hydrogen-bond donors (Lipinski definition) is 0. The van der Waals surface area contributed by atoms with Gasteiger partial charge in [-0.05, 0) is 29.9 Å². The van der Waals surface area contributed by atoms with Crippen LogP contribution in [0.2, 0.25) is 0 Å². The zero-order valence-corrected chi connectivity index (χ0v) is 8.86. The molecule has 0 saturated carbocycles. The summed E-state index contributed by atoms with van der Waals surface area (Å²) in [7, 11) is 0. The van der Waals surface area contributed by atoms with Crippen LogP contribution in [-0.4, -0.2) is 0 Å². The number of aryl methyl sites for hydroxylation is 1. The molecule has 0 spiro atoms. The third-order valence-corrected chi connectivity index (χ3v) is 2.97. The lowest BCUT2D eigenvalue weighted by Crippen LogP contribution is -1.82. The number of thiophene rings is 1. The second-order valence-corrected chi connectivity index (χ2v) is 4.15. The standard InChI is InChI=1S/C11H15NS/c1-2-3-4-5-6-10-7-11(8-12)13-9-10/h7,9H,2-6H2,1H3. The van der Waals surface area contributed by atoms with E-state index in [1.54, 1.807) is 11.3 Å². The molecule has 0 bridgehead atoms. The van der Waals surface area contributed by atoms with Crippen molar-refractivity contribution in [2.24, 2.45) is 0 Å². The molecular weight excluding hydrogens is 178 g/mol. The summed E-state index contributed by atoms with van der Waals surface area (Å²) in [6, 6.07) is 4.18. The minimum Gasteiger partial charge on any atom is -0.192 e. The quantitative estimate of drug-likeness (QED) is 0.653. The Kier molecular flexibility index (Phi) is 4.56. The van der Waals surface area contributed by atoms with E-state index >= 15 is 0 Å². The summed E-state index contributed by atoms with van der Waals surface area (Å²) in [6.07, 6.45) is 6.32. The van der Waals surface area contributed by atoms with Gasteiger partial charge in [-0.25, -0.2) is 0 Å². The normalized spacial score (nSPS) is 9.85. The minimum atomic E-state index is 0.838. The maximum Gasteiger partial charge on any atom is 0.110 e. The second-order valence-electron chi connectivity index (χ2n) is 3.24. The van der Waals surface area contributed by atoms with Gasteiger partial charge in [-0.2, -0.15) is 5.26 Å². The van der Waals surface area contributed by atoms with E-state index in [-0.39, 0.29) is 0 Å². The molecule has 1 aromatic rings. The molecule has 0 aliphatic heterocycles. The van der Waals surface area contributed by atoms with Gasteiger partial charge in [0.1, 0.15) is 10.9 Å². The predicted molar refractivity (Wildman–Crippen MR) is 56.9 cm³/mol. The van der Waals surface area contributed by atoms with Gasteiger partial charge in [-0.3, -0.25) is 0 Å². The van der Waals surface area contributed by atoms with Crippen LogP contribution in [0.15, 0.2) is 11.4 Å². The maximum absolute atomic E-state index is 8.62. The number of unbranched alkanes of at least 4 members (excludes halogenated alkanes) is 3. The van der Waals surface area contributed by atoms with Gasteiger partial charge in [0.2, 0.25) is 0 Å². The topological polar surface area (TPSA) is 23.8 Å². The number of hydrogen-bond acceptors (Lipinski definition) is 2. The smallest absolute Gasteiger partial charge is 0.110 e. The third-order valence-electron chi connectivity index (χ3n) is 2.08. The zero-order chi connectivity index (χ0) is 9.52. The van der Waals surface area contributed by atoms with Gasteiger partial charge < -0.3 is 0 Å². The minimum absolute atomic E-state index is 0.838. The first-order chi connectivity index (χ1) is 6.36. The van der Waals surface area contributed by atoms with E-state index in [0.29, 0.717) is 0 Å². The van der Waals surface area contributed by atoms with Gasteiger partial charge in [0.25, 0.3) is 0 Å². The summed E-state index contributed by atoms with van der Waals surface area (Å²) in [5.41, 5.74) is 1.33. The highest BCUT2D eigenvalue weighted by atomic mass is 32.1. The number of nitrogens with zero attached hydrogens (tertiary/aromatic N) is 1. The van der Waals surface area contributed by atoms with E-state index in [1.807, 2.05) is 6.07 Å². The summed E-state index contributed by atoms with van der Waals surface area (Å²) in [4.78, 5) is 0.838. The van der Waals surface area contributed by atoms with E-state index in [2.05, 4.69) is 18.4 Å². The molecule has 0 amide bonds. The van der Waals surface area contributed by atoms with Crippen molar-refractivity contribution in [2.75, 3.05) is 0 Å². The van der Waals surface area contributed by atoms with Crippen molar-refractivity contribution in [1.82, 2.24) is 0 Å². The van der Waals surface area contributed by atoms with Gasteiger partial charge in [0.05, 0.1) is 0 Å². The van der Waals surface area contributed by atoms with Crippen molar-refractivity contribution < 1.29 is 0 Å². The zero-order valence-electron chi connectivity index (χ0n) is 8.05. The third kappa shape index (κ3) is 3.61. The second kappa shape index (κ2) is 5.77. The van der Waals surface area contributed by atoms with Crippen LogP contribution < -0.4 is 0 Å². The predicted octanol–water partition coefficient (Wildman–Crippen LogP) is 3.74. The van der Waals surface area contributed by atoms with Crippen molar-refractivity contribution in [3.63, 3.8) is 0 Å². The largest absolute Gasteiger partial charge is 0.192 e. The van der Waals surface area contributed by atoms with E-state index in [1.165, 1.54) is 31.2 Å². The van der Waals surface area contributed by atoms with Crippen LogP contribution in [0, 0.1) is 11.3 Å². The average molecular weight is 193 g/mol. The van der Waals surface area contributed by atoms with Crippen LogP contribution in [0.5, 0.6) is 0 Å². The van der Waals surface area contributed by atoms with E-state index < -0.39 is 0 Å². The summed E-state index contributed by atoms with van der Waals surface area (Å²) < 4.78 is 0. The average Bonchev–Trinajstić information content (AvgIpc) is 2.60. The van der Waals surface area contributed by atoms with Crippen LogP contribution in [0.4, 0.5) is 0 Å². The molecule has 1 nitrogen and oxygen atoms in total. The number of rotatable bonds is 5. The van der Waals surface area contributed by atoms with Gasteiger partial charge >= 0.3 is 0 Å². The number of nitriles is 1. The molecule has 70 valence electrons. The van der Waals surface area contributed by atoms with Gasteiger partial charge in [0.15, 0.2) is 0 Å². The van der Waals surface area contributed by atoms with Crippen LogP contribution in [0.1, 0.15) is 43.0 Å². The molecule has 0 aliphatic rings. The van der Waals surface area contributed by atoms with Gasteiger partial charge in [-0.15, -0.1) is 11.3 Å². The van der Waals surface area contributed by atoms with Crippen molar-refractivity contribution >= 4 is 11.3 Å². The molecule has 0 atom stereocenters. The summed E-state index contributed by atoms with van der Waals surface area (Å²) in [5, 5.41) is 10.7. The molecule has 0 aromatic carbocycles. The summed E-state index contributed by atoms with van der Waals surface area (Å²) >= 11 is 1.55. The van der Waals surface area contributed by atoms with E-state index in [0.717, 1.165) is 11.3 Å². The molecular formula is C11H15NS. The van der Waals surface area contributed by atoms with E-state index in [4.69, 9.17) is 5.26 Å². The summed E-state index contributed by atoms with van der Waals surface area (Å²) in [5.74, 6) is 0. The van der Waals surface area contributed by atoms with Crippen molar-refractivity contribution in [3.05, 3.63) is 21.9 Å². The maximum atomic E-state index is 8.62. The van der Waals surface area contributed by atoms with Crippen LogP contribution in [-0.2, 0) is 6.42 Å². The first kappa shape index (κ1) is 10.3. The Labute approximate surface area is 84.0 Å². The Morgan fingerprint density at radius 2 is 2.23 bits per heavy atom. The van der Waals surface area contributed by atoms with Crippen molar-refractivity contribution in [2.45, 2.75) is 39.0 Å². The Bertz CT molecular complexity index is 283. The first-order valence-corrected chi connectivity index (χ1v) is 5.72. The molecule has 0 radical (unpaired) electrons. The molecule has 13 heavy (non-hydrogen) atoms. The highest BCUT2D eigenvalue weighted by molar-refractivity contribution is 7.10. The molecule has 0 aliphatic carbocycles. The fourth-order valence-corrected chi connectivity index (χ4v) is 2.06. The molecule has 1 aromatic heterocycles. The highest BCUT2D eigenvalue weighted by Gasteiger charge is 1.98. The summed E-state index contributed by atoms with van der Waals surface area (Å²) in [6.45, 7) is 2.22. The Hall–Kier alpha value is -0.810. The SMILES string of the molecule is CCCCCCc1csc(C#N)c1. The molecule has 1 rings (SSSR count). The highest BCUT2D eigenvalue weighted by Crippen LogP contribution is 2.16. The van der Waals surface area contributed by atoms with Crippen molar-refractivity contribution in [3.8, 4) is 6.07 Å². The lowest BCUT2D eigenvalue weighted by molar-refractivity contribution is 0.667. The van der Waals surface area contributed by atoms with E-state index in [9.17, 15) is 0 Å². The lowest BCUT2D eigenvalue weighted by atomic mass is 10.1. The van der Waals surface area contributed by atoms with Crippen LogP contribution >= 0.6 is 11.3 Å². The molecule has 2 heteroatoms. The molecule has 0 unspecified atom stereocenters. The van der Waals surface area contributed by atoms with Crippen LogP contribution in [0.25, 0.3) is 0 Å². The Balaban J connectivity index is 2.25. The fraction of sp³-hybridized carbons (Fsp3) is 0.545.